The fraction of sp³-hybridized carbons (Fsp3) is 0.545. The number of halogens is 1. The maximum atomic E-state index is 6.06. The highest BCUT2D eigenvalue weighted by Crippen LogP contribution is 2.26. The molecule has 0 bridgehead atoms. The summed E-state index contributed by atoms with van der Waals surface area (Å²) in [4.78, 5) is 4.31. The molecule has 2 heterocycles. The van der Waals surface area contributed by atoms with Gasteiger partial charge < -0.3 is 4.52 Å². The summed E-state index contributed by atoms with van der Waals surface area (Å²) in [5, 5.41) is 8.03. The Balaban J connectivity index is 2.36. The van der Waals surface area contributed by atoms with Crippen molar-refractivity contribution in [3.05, 3.63) is 17.7 Å². The Kier molecular flexibility index (Phi) is 3.47. The normalized spacial score (nSPS) is 12.9. The third-order valence-electron chi connectivity index (χ3n) is 2.55. The molecule has 5 nitrogen and oxygen atoms in total. The Morgan fingerprint density at radius 2 is 2.24 bits per heavy atom. The highest BCUT2D eigenvalue weighted by Gasteiger charge is 2.18. The molecule has 0 N–H and O–H groups in total. The lowest BCUT2D eigenvalue weighted by atomic mass is 10.2. The van der Waals surface area contributed by atoms with Gasteiger partial charge in [-0.2, -0.15) is 10.1 Å². The van der Waals surface area contributed by atoms with E-state index in [-0.39, 0.29) is 5.38 Å². The Morgan fingerprint density at radius 3 is 2.88 bits per heavy atom. The van der Waals surface area contributed by atoms with Gasteiger partial charge in [0.15, 0.2) is 5.82 Å². The average Bonchev–Trinajstić information content (AvgIpc) is 2.93. The maximum Gasteiger partial charge on any atom is 0.261 e. The molecule has 0 radical (unpaired) electrons. The minimum atomic E-state index is -0.200. The van der Waals surface area contributed by atoms with Crippen molar-refractivity contribution < 1.29 is 4.52 Å². The van der Waals surface area contributed by atoms with Crippen molar-refractivity contribution in [2.24, 2.45) is 7.05 Å². The molecular formula is C11H15ClN4O. The Morgan fingerprint density at radius 1 is 1.47 bits per heavy atom. The number of alkyl halides is 1. The van der Waals surface area contributed by atoms with E-state index in [0.717, 1.165) is 24.1 Å². The van der Waals surface area contributed by atoms with Crippen LogP contribution in [0.1, 0.15) is 37.2 Å². The van der Waals surface area contributed by atoms with E-state index < -0.39 is 0 Å². The summed E-state index contributed by atoms with van der Waals surface area (Å²) in [6, 6.07) is 0. The fourth-order valence-corrected chi connectivity index (χ4v) is 1.72. The van der Waals surface area contributed by atoms with Gasteiger partial charge in [0.05, 0.1) is 16.6 Å². The van der Waals surface area contributed by atoms with E-state index in [0.29, 0.717) is 11.7 Å². The second-order valence-corrected chi connectivity index (χ2v) is 4.38. The molecule has 1 atom stereocenters. The third kappa shape index (κ3) is 2.34. The van der Waals surface area contributed by atoms with Gasteiger partial charge in [-0.15, -0.1) is 11.6 Å². The lowest BCUT2D eigenvalue weighted by Gasteiger charge is -1.96. The Hall–Kier alpha value is -1.36. The van der Waals surface area contributed by atoms with Crippen molar-refractivity contribution >= 4 is 11.6 Å². The lowest BCUT2D eigenvalue weighted by molar-refractivity contribution is 0.421. The van der Waals surface area contributed by atoms with Gasteiger partial charge in [0.2, 0.25) is 0 Å². The standard InChI is InChI=1S/C11H15ClN4O/c1-4-8(12)10-13-11(17-15-10)7-6-16(3)14-9(7)5-2/h6,8H,4-5H2,1-3H3. The first-order chi connectivity index (χ1) is 8.15. The zero-order chi connectivity index (χ0) is 12.4. The van der Waals surface area contributed by atoms with Gasteiger partial charge in [0.25, 0.3) is 5.89 Å². The third-order valence-corrected chi connectivity index (χ3v) is 3.05. The number of hydrogen-bond acceptors (Lipinski definition) is 4. The maximum absolute atomic E-state index is 6.06. The number of aromatic nitrogens is 4. The molecule has 2 rings (SSSR count). The van der Waals surface area contributed by atoms with Gasteiger partial charge in [0.1, 0.15) is 0 Å². The molecule has 17 heavy (non-hydrogen) atoms. The predicted molar refractivity (Wildman–Crippen MR) is 64.8 cm³/mol. The van der Waals surface area contributed by atoms with Gasteiger partial charge in [-0.25, -0.2) is 0 Å². The highest BCUT2D eigenvalue weighted by molar-refractivity contribution is 6.20. The van der Waals surface area contributed by atoms with E-state index in [1.165, 1.54) is 0 Å². The van der Waals surface area contributed by atoms with Crippen LogP contribution in [0.4, 0.5) is 0 Å². The van der Waals surface area contributed by atoms with Gasteiger partial charge in [-0.3, -0.25) is 4.68 Å². The largest absolute Gasteiger partial charge is 0.334 e. The van der Waals surface area contributed by atoms with Crippen LogP contribution in [0.3, 0.4) is 0 Å². The minimum Gasteiger partial charge on any atom is -0.334 e. The van der Waals surface area contributed by atoms with Crippen molar-refractivity contribution in [2.75, 3.05) is 0 Å². The summed E-state index contributed by atoms with van der Waals surface area (Å²) < 4.78 is 6.98. The summed E-state index contributed by atoms with van der Waals surface area (Å²) in [7, 11) is 1.87. The zero-order valence-electron chi connectivity index (χ0n) is 10.1. The summed E-state index contributed by atoms with van der Waals surface area (Å²) >= 11 is 6.06. The second kappa shape index (κ2) is 4.87. The smallest absolute Gasteiger partial charge is 0.261 e. The van der Waals surface area contributed by atoms with Gasteiger partial charge in [-0.1, -0.05) is 19.0 Å². The van der Waals surface area contributed by atoms with Crippen LogP contribution in [0.2, 0.25) is 0 Å². The van der Waals surface area contributed by atoms with E-state index in [1.54, 1.807) is 4.68 Å². The van der Waals surface area contributed by atoms with Crippen molar-refractivity contribution in [3.63, 3.8) is 0 Å². The summed E-state index contributed by atoms with van der Waals surface area (Å²) in [5.41, 5.74) is 1.83. The van der Waals surface area contributed by atoms with E-state index in [1.807, 2.05) is 27.1 Å². The molecule has 0 fully saturated rings. The number of nitrogens with zero attached hydrogens (tertiary/aromatic N) is 4. The first kappa shape index (κ1) is 12.1. The SMILES string of the molecule is CCc1nn(C)cc1-c1nc(C(Cl)CC)no1. The van der Waals surface area contributed by atoms with E-state index in [9.17, 15) is 0 Å². The molecule has 0 saturated heterocycles. The second-order valence-electron chi connectivity index (χ2n) is 3.85. The van der Waals surface area contributed by atoms with Crippen LogP contribution in [0, 0.1) is 0 Å². The molecule has 2 aromatic heterocycles. The zero-order valence-corrected chi connectivity index (χ0v) is 10.9. The molecule has 0 aliphatic heterocycles. The number of hydrogen-bond donors (Lipinski definition) is 0. The molecule has 92 valence electrons. The Labute approximate surface area is 105 Å². The van der Waals surface area contributed by atoms with Crippen LogP contribution in [-0.4, -0.2) is 19.9 Å². The summed E-state index contributed by atoms with van der Waals surface area (Å²) in [5.74, 6) is 1.03. The molecule has 1 unspecified atom stereocenters. The molecule has 6 heteroatoms. The van der Waals surface area contributed by atoms with Crippen LogP contribution in [0.15, 0.2) is 10.7 Å². The highest BCUT2D eigenvalue weighted by atomic mass is 35.5. The van der Waals surface area contributed by atoms with Crippen LogP contribution in [0.5, 0.6) is 0 Å². The molecule has 0 aliphatic carbocycles. The van der Waals surface area contributed by atoms with Crippen LogP contribution in [-0.2, 0) is 13.5 Å². The van der Waals surface area contributed by atoms with E-state index in [2.05, 4.69) is 15.2 Å². The van der Waals surface area contributed by atoms with Gasteiger partial charge in [0, 0.05) is 13.2 Å². The average molecular weight is 255 g/mol. The van der Waals surface area contributed by atoms with E-state index >= 15 is 0 Å². The lowest BCUT2D eigenvalue weighted by Crippen LogP contribution is -1.91. The molecule has 0 amide bonds. The molecule has 0 saturated carbocycles. The van der Waals surface area contributed by atoms with Crippen LogP contribution < -0.4 is 0 Å². The van der Waals surface area contributed by atoms with E-state index in [4.69, 9.17) is 16.1 Å². The van der Waals surface area contributed by atoms with Crippen molar-refractivity contribution in [3.8, 4) is 11.5 Å². The summed E-state index contributed by atoms with van der Waals surface area (Å²) in [6.07, 6.45) is 3.48. The fourth-order valence-electron chi connectivity index (χ4n) is 1.63. The predicted octanol–water partition coefficient (Wildman–Crippen LogP) is 2.72. The molecule has 0 aromatic carbocycles. The Bertz CT molecular complexity index is 505. The van der Waals surface area contributed by atoms with Crippen molar-refractivity contribution in [1.82, 2.24) is 19.9 Å². The monoisotopic (exact) mass is 254 g/mol. The van der Waals surface area contributed by atoms with Crippen molar-refractivity contribution in [1.29, 1.82) is 0 Å². The quantitative estimate of drug-likeness (QED) is 0.788. The van der Waals surface area contributed by atoms with Crippen LogP contribution in [0.25, 0.3) is 11.5 Å². The number of rotatable bonds is 4. The van der Waals surface area contributed by atoms with Gasteiger partial charge >= 0.3 is 0 Å². The first-order valence-electron chi connectivity index (χ1n) is 5.66. The van der Waals surface area contributed by atoms with Crippen LogP contribution >= 0.6 is 11.6 Å². The van der Waals surface area contributed by atoms with Gasteiger partial charge in [-0.05, 0) is 12.8 Å². The molecule has 0 aliphatic rings. The minimum absolute atomic E-state index is 0.200. The number of aryl methyl sites for hydroxylation is 2. The summed E-state index contributed by atoms with van der Waals surface area (Å²) in [6.45, 7) is 4.02. The molecule has 2 aromatic rings. The first-order valence-corrected chi connectivity index (χ1v) is 6.09. The topological polar surface area (TPSA) is 56.7 Å². The molecule has 0 spiro atoms. The molecular weight excluding hydrogens is 240 g/mol. The van der Waals surface area contributed by atoms with Crippen molar-refractivity contribution in [2.45, 2.75) is 32.1 Å².